The van der Waals surface area contributed by atoms with Crippen LogP contribution >= 0.6 is 12.4 Å². The van der Waals surface area contributed by atoms with Gasteiger partial charge in [0.05, 0.1) is 11.9 Å². The highest BCUT2D eigenvalue weighted by Gasteiger charge is 2.13. The molecule has 1 unspecified atom stereocenters. The molecule has 108 valence electrons. The zero-order chi connectivity index (χ0) is 13.5. The summed E-state index contributed by atoms with van der Waals surface area (Å²) in [7, 11) is 0. The number of nitrogens with one attached hydrogen (secondary N) is 1. The van der Waals surface area contributed by atoms with E-state index in [1.165, 1.54) is 6.20 Å². The van der Waals surface area contributed by atoms with Crippen molar-refractivity contribution in [1.82, 2.24) is 4.98 Å². The van der Waals surface area contributed by atoms with Gasteiger partial charge < -0.3 is 15.8 Å². The second-order valence-electron chi connectivity index (χ2n) is 4.66. The molecule has 0 aliphatic heterocycles. The maximum Gasteiger partial charge on any atom is 0.253 e. The van der Waals surface area contributed by atoms with Crippen LogP contribution in [0.25, 0.3) is 0 Å². The number of nitrogen functional groups attached to an aromatic ring is 1. The zero-order valence-corrected chi connectivity index (χ0v) is 12.4. The third kappa shape index (κ3) is 6.98. The van der Waals surface area contributed by atoms with Crippen molar-refractivity contribution in [2.45, 2.75) is 33.3 Å². The van der Waals surface area contributed by atoms with E-state index in [2.05, 4.69) is 24.1 Å². The van der Waals surface area contributed by atoms with Gasteiger partial charge in [0.1, 0.15) is 11.9 Å². The Morgan fingerprint density at radius 1 is 1.42 bits per heavy atom. The molecule has 0 spiro atoms. The lowest BCUT2D eigenvalue weighted by Crippen LogP contribution is -2.28. The van der Waals surface area contributed by atoms with Crippen LogP contribution < -0.4 is 11.1 Å². The van der Waals surface area contributed by atoms with Crippen molar-refractivity contribution in [2.75, 3.05) is 17.7 Å². The van der Waals surface area contributed by atoms with E-state index in [0.717, 1.165) is 6.42 Å². The number of nitrogens with two attached hydrogens (primary N) is 1. The molecule has 1 heterocycles. The summed E-state index contributed by atoms with van der Waals surface area (Å²) >= 11 is 0. The second kappa shape index (κ2) is 8.72. The van der Waals surface area contributed by atoms with Gasteiger partial charge in [0.15, 0.2) is 0 Å². The van der Waals surface area contributed by atoms with Gasteiger partial charge in [-0.05, 0) is 31.4 Å². The molecule has 0 saturated carbocycles. The van der Waals surface area contributed by atoms with Crippen molar-refractivity contribution < 1.29 is 9.53 Å². The zero-order valence-electron chi connectivity index (χ0n) is 11.6. The highest BCUT2D eigenvalue weighted by molar-refractivity contribution is 5.93. The van der Waals surface area contributed by atoms with Crippen LogP contribution in [-0.2, 0) is 9.53 Å². The second-order valence-corrected chi connectivity index (χ2v) is 4.66. The molecule has 0 radical (unpaired) electrons. The number of aromatic nitrogens is 1. The fraction of sp³-hybridized carbons (Fsp3) is 0.538. The Balaban J connectivity index is 0.00000324. The number of rotatable bonds is 6. The minimum absolute atomic E-state index is 0. The number of nitrogens with zero attached hydrogens (tertiary/aromatic N) is 1. The molecule has 3 N–H and O–H groups in total. The van der Waals surface area contributed by atoms with E-state index in [-0.39, 0.29) is 18.3 Å². The monoisotopic (exact) mass is 287 g/mol. The van der Waals surface area contributed by atoms with Gasteiger partial charge >= 0.3 is 0 Å². The quantitative estimate of drug-likeness (QED) is 0.842. The van der Waals surface area contributed by atoms with Crippen molar-refractivity contribution in [1.29, 1.82) is 0 Å². The average Bonchev–Trinajstić information content (AvgIpc) is 2.31. The highest BCUT2D eigenvalue weighted by Crippen LogP contribution is 2.08. The first-order valence-electron chi connectivity index (χ1n) is 6.13. The Hall–Kier alpha value is -1.33. The minimum atomic E-state index is -0.471. The van der Waals surface area contributed by atoms with Gasteiger partial charge in [-0.1, -0.05) is 13.8 Å². The molecule has 0 saturated heterocycles. The molecular weight excluding hydrogens is 266 g/mol. The van der Waals surface area contributed by atoms with E-state index in [4.69, 9.17) is 10.5 Å². The smallest absolute Gasteiger partial charge is 0.253 e. The summed E-state index contributed by atoms with van der Waals surface area (Å²) in [5, 5.41) is 2.73. The summed E-state index contributed by atoms with van der Waals surface area (Å²) in [5.74, 6) is 0.820. The number of amides is 1. The van der Waals surface area contributed by atoms with Crippen LogP contribution in [0.5, 0.6) is 0 Å². The van der Waals surface area contributed by atoms with Crippen molar-refractivity contribution in [3.8, 4) is 0 Å². The Bertz CT molecular complexity index is 382. The molecule has 0 fully saturated rings. The van der Waals surface area contributed by atoms with Gasteiger partial charge in [0, 0.05) is 6.61 Å². The third-order valence-electron chi connectivity index (χ3n) is 2.49. The van der Waals surface area contributed by atoms with Crippen molar-refractivity contribution in [3.05, 3.63) is 18.3 Å². The van der Waals surface area contributed by atoms with Crippen LogP contribution in [0.15, 0.2) is 18.3 Å². The topological polar surface area (TPSA) is 77.2 Å². The van der Waals surface area contributed by atoms with Crippen LogP contribution in [0.2, 0.25) is 0 Å². The van der Waals surface area contributed by atoms with Gasteiger partial charge in [-0.2, -0.15) is 0 Å². The maximum atomic E-state index is 11.8. The SMILES string of the molecule is CC(C)CCOC(C)C(=O)Nc1ccc(N)nc1.Cl. The van der Waals surface area contributed by atoms with Gasteiger partial charge in [0.25, 0.3) is 5.91 Å². The lowest BCUT2D eigenvalue weighted by molar-refractivity contribution is -0.126. The first kappa shape index (κ1) is 17.7. The lowest BCUT2D eigenvalue weighted by Gasteiger charge is -2.14. The van der Waals surface area contributed by atoms with E-state index >= 15 is 0 Å². The minimum Gasteiger partial charge on any atom is -0.384 e. The first-order chi connectivity index (χ1) is 8.49. The van der Waals surface area contributed by atoms with E-state index < -0.39 is 6.10 Å². The standard InChI is InChI=1S/C13H21N3O2.ClH/c1-9(2)6-7-18-10(3)13(17)16-11-4-5-12(14)15-8-11;/h4-5,8-10H,6-7H2,1-3H3,(H2,14,15)(H,16,17);1H. The Labute approximate surface area is 120 Å². The molecule has 0 bridgehead atoms. The summed E-state index contributed by atoms with van der Waals surface area (Å²) < 4.78 is 5.45. The number of pyridine rings is 1. The molecule has 1 aromatic rings. The number of ether oxygens (including phenoxy) is 1. The van der Waals surface area contributed by atoms with Crippen LogP contribution in [0.4, 0.5) is 11.5 Å². The lowest BCUT2D eigenvalue weighted by atomic mass is 10.1. The number of anilines is 2. The van der Waals surface area contributed by atoms with Crippen LogP contribution in [-0.4, -0.2) is 23.6 Å². The molecular formula is C13H22ClN3O2. The fourth-order valence-electron chi connectivity index (χ4n) is 1.28. The molecule has 1 aromatic heterocycles. The summed E-state index contributed by atoms with van der Waals surface area (Å²) in [6, 6.07) is 3.35. The molecule has 19 heavy (non-hydrogen) atoms. The average molecular weight is 288 g/mol. The van der Waals surface area contributed by atoms with Gasteiger partial charge in [-0.25, -0.2) is 4.98 Å². The fourth-order valence-corrected chi connectivity index (χ4v) is 1.28. The number of hydrogen-bond acceptors (Lipinski definition) is 4. The van der Waals surface area contributed by atoms with Gasteiger partial charge in [-0.3, -0.25) is 4.79 Å². The number of carbonyl (C=O) groups is 1. The highest BCUT2D eigenvalue weighted by atomic mass is 35.5. The summed E-state index contributed by atoms with van der Waals surface area (Å²) in [6.07, 6.45) is 2.00. The van der Waals surface area contributed by atoms with Crippen LogP contribution in [0.3, 0.4) is 0 Å². The molecule has 0 aromatic carbocycles. The molecule has 0 aliphatic carbocycles. The molecule has 6 heteroatoms. The molecule has 1 atom stereocenters. The predicted molar refractivity (Wildman–Crippen MR) is 79.4 cm³/mol. The van der Waals surface area contributed by atoms with Crippen LogP contribution in [0.1, 0.15) is 27.2 Å². The normalized spacial score (nSPS) is 11.8. The molecule has 5 nitrogen and oxygen atoms in total. The summed E-state index contributed by atoms with van der Waals surface area (Å²) in [4.78, 5) is 15.7. The largest absolute Gasteiger partial charge is 0.384 e. The number of hydrogen-bond donors (Lipinski definition) is 2. The summed E-state index contributed by atoms with van der Waals surface area (Å²) in [6.45, 7) is 6.56. The Morgan fingerprint density at radius 2 is 2.11 bits per heavy atom. The number of halogens is 1. The first-order valence-corrected chi connectivity index (χ1v) is 6.13. The Kier molecular flexibility index (Phi) is 8.11. The van der Waals surface area contributed by atoms with Crippen molar-refractivity contribution in [3.63, 3.8) is 0 Å². The van der Waals surface area contributed by atoms with Gasteiger partial charge in [0.2, 0.25) is 0 Å². The van der Waals surface area contributed by atoms with Gasteiger partial charge in [-0.15, -0.1) is 12.4 Å². The molecule has 1 rings (SSSR count). The number of carbonyl (C=O) groups excluding carboxylic acids is 1. The summed E-state index contributed by atoms with van der Waals surface area (Å²) in [5.41, 5.74) is 6.08. The van der Waals surface area contributed by atoms with E-state index in [0.29, 0.717) is 24.0 Å². The van der Waals surface area contributed by atoms with Crippen molar-refractivity contribution >= 4 is 29.8 Å². The van der Waals surface area contributed by atoms with Crippen LogP contribution in [0, 0.1) is 5.92 Å². The molecule has 1 amide bonds. The van der Waals surface area contributed by atoms with E-state index in [9.17, 15) is 4.79 Å². The third-order valence-corrected chi connectivity index (χ3v) is 2.49. The predicted octanol–water partition coefficient (Wildman–Crippen LogP) is 2.48. The van der Waals surface area contributed by atoms with E-state index in [1.807, 2.05) is 0 Å². The maximum absolute atomic E-state index is 11.8. The Morgan fingerprint density at radius 3 is 2.63 bits per heavy atom. The van der Waals surface area contributed by atoms with Crippen molar-refractivity contribution in [2.24, 2.45) is 5.92 Å². The van der Waals surface area contributed by atoms with E-state index in [1.54, 1.807) is 19.1 Å². The molecule has 0 aliphatic rings.